The molecule has 200 valence electrons. The lowest BCUT2D eigenvalue weighted by atomic mass is 9.74. The quantitative estimate of drug-likeness (QED) is 0.224. The molecule has 0 bridgehead atoms. The van der Waals surface area contributed by atoms with Gasteiger partial charge in [-0.25, -0.2) is 0 Å². The van der Waals surface area contributed by atoms with E-state index in [0.29, 0.717) is 0 Å². The minimum Gasteiger partial charge on any atom is -0.507 e. The van der Waals surface area contributed by atoms with Gasteiger partial charge in [-0.3, -0.25) is 0 Å². The van der Waals surface area contributed by atoms with Crippen LogP contribution in [0.5, 0.6) is 11.5 Å². The molecular formula is C39H32O2. The molecule has 0 aromatic heterocycles. The lowest BCUT2D eigenvalue weighted by molar-refractivity contribution is 0.478. The van der Waals surface area contributed by atoms with Crippen LogP contribution in [0, 0.1) is 0 Å². The van der Waals surface area contributed by atoms with Gasteiger partial charge in [0.1, 0.15) is 11.5 Å². The van der Waals surface area contributed by atoms with E-state index in [0.717, 1.165) is 55.6 Å². The molecule has 0 amide bonds. The van der Waals surface area contributed by atoms with Gasteiger partial charge in [0.2, 0.25) is 0 Å². The average Bonchev–Trinajstić information content (AvgIpc) is 3.03. The van der Waals surface area contributed by atoms with E-state index in [9.17, 15) is 10.2 Å². The summed E-state index contributed by atoms with van der Waals surface area (Å²) < 4.78 is 0. The van der Waals surface area contributed by atoms with E-state index >= 15 is 0 Å². The van der Waals surface area contributed by atoms with Crippen LogP contribution in [0.2, 0.25) is 0 Å². The smallest absolute Gasteiger partial charge is 0.131 e. The highest BCUT2D eigenvalue weighted by atomic mass is 16.3. The van der Waals surface area contributed by atoms with E-state index < -0.39 is 5.41 Å². The molecule has 0 aliphatic heterocycles. The summed E-state index contributed by atoms with van der Waals surface area (Å²) in [5.41, 5.74) is 8.67. The topological polar surface area (TPSA) is 40.5 Å². The highest BCUT2D eigenvalue weighted by molar-refractivity contribution is 5.85. The van der Waals surface area contributed by atoms with Crippen molar-refractivity contribution < 1.29 is 10.2 Å². The molecule has 0 saturated heterocycles. The maximum Gasteiger partial charge on any atom is 0.131 e. The molecule has 0 atom stereocenters. The Kier molecular flexibility index (Phi) is 6.91. The van der Waals surface area contributed by atoms with Crippen LogP contribution < -0.4 is 0 Å². The summed E-state index contributed by atoms with van der Waals surface area (Å²) in [6, 6.07) is 48.5. The number of hydrogen-bond acceptors (Lipinski definition) is 2. The normalized spacial score (nSPS) is 11.4. The van der Waals surface area contributed by atoms with Gasteiger partial charge in [0.15, 0.2) is 0 Å². The van der Waals surface area contributed by atoms with Gasteiger partial charge < -0.3 is 10.2 Å². The maximum absolute atomic E-state index is 11.5. The summed E-state index contributed by atoms with van der Waals surface area (Å²) in [5.74, 6) is 0.533. The van der Waals surface area contributed by atoms with Crippen molar-refractivity contribution in [3.8, 4) is 56.0 Å². The lowest BCUT2D eigenvalue weighted by Crippen LogP contribution is -2.19. The molecule has 0 heterocycles. The van der Waals surface area contributed by atoms with E-state index in [1.54, 1.807) is 0 Å². The standard InChI is InChI=1S/C39H32O2/c1-39(2,31-23-33(27-15-7-3-8-16-27)37(40)34(24-31)28-17-9-4-10-18-28)32-25-35(29-19-11-5-12-20-29)38(41)36(26-32)30-21-13-6-14-22-30/h3-26,40-41H,1-2H3. The van der Waals surface area contributed by atoms with Crippen molar-refractivity contribution in [2.24, 2.45) is 0 Å². The van der Waals surface area contributed by atoms with Crippen molar-refractivity contribution in [3.05, 3.63) is 157 Å². The third kappa shape index (κ3) is 5.01. The molecule has 0 aliphatic rings. The third-order valence-corrected chi connectivity index (χ3v) is 8.00. The Balaban J connectivity index is 1.60. The Labute approximate surface area is 241 Å². The molecule has 2 nitrogen and oxygen atoms in total. The Morgan fingerprint density at radius 2 is 0.585 bits per heavy atom. The van der Waals surface area contributed by atoms with Crippen LogP contribution in [0.4, 0.5) is 0 Å². The first-order chi connectivity index (χ1) is 19.9. The molecule has 41 heavy (non-hydrogen) atoms. The number of benzene rings is 6. The van der Waals surface area contributed by atoms with Crippen molar-refractivity contribution in [3.63, 3.8) is 0 Å². The summed E-state index contributed by atoms with van der Waals surface area (Å²) in [6.45, 7) is 4.41. The fourth-order valence-electron chi connectivity index (χ4n) is 5.51. The molecule has 2 N–H and O–H groups in total. The monoisotopic (exact) mass is 532 g/mol. The number of hydrogen-bond donors (Lipinski definition) is 2. The molecule has 0 unspecified atom stereocenters. The summed E-state index contributed by atoms with van der Waals surface area (Å²) in [5, 5.41) is 23.1. The SMILES string of the molecule is CC(C)(c1cc(-c2ccccc2)c(O)c(-c2ccccc2)c1)c1cc(-c2ccccc2)c(O)c(-c2ccccc2)c1. The second-order valence-corrected chi connectivity index (χ2v) is 10.9. The average molecular weight is 533 g/mol. The first-order valence-electron chi connectivity index (χ1n) is 13.9. The number of aromatic hydroxyl groups is 2. The van der Waals surface area contributed by atoms with Gasteiger partial charge in [0.05, 0.1) is 0 Å². The van der Waals surface area contributed by atoms with Gasteiger partial charge in [-0.1, -0.05) is 135 Å². The van der Waals surface area contributed by atoms with Crippen molar-refractivity contribution >= 4 is 0 Å². The Morgan fingerprint density at radius 1 is 0.366 bits per heavy atom. The molecule has 6 rings (SSSR count). The van der Waals surface area contributed by atoms with Gasteiger partial charge >= 0.3 is 0 Å². The minimum absolute atomic E-state index is 0.266. The van der Waals surface area contributed by atoms with Gasteiger partial charge in [-0.15, -0.1) is 0 Å². The number of phenolic OH excluding ortho intramolecular Hbond substituents is 2. The van der Waals surface area contributed by atoms with Crippen molar-refractivity contribution in [1.29, 1.82) is 0 Å². The van der Waals surface area contributed by atoms with Crippen LogP contribution in [0.3, 0.4) is 0 Å². The predicted octanol–water partition coefficient (Wildman–Crippen LogP) is 10.1. The molecule has 6 aromatic rings. The van der Waals surface area contributed by atoms with Crippen LogP contribution >= 0.6 is 0 Å². The van der Waals surface area contributed by atoms with Crippen molar-refractivity contribution in [2.75, 3.05) is 0 Å². The van der Waals surface area contributed by atoms with E-state index in [1.165, 1.54) is 0 Å². The maximum atomic E-state index is 11.5. The number of phenols is 2. The Hall–Kier alpha value is -5.08. The Morgan fingerprint density at radius 3 is 0.805 bits per heavy atom. The van der Waals surface area contributed by atoms with Gasteiger partial charge in [0.25, 0.3) is 0 Å². The van der Waals surface area contributed by atoms with Crippen LogP contribution in [-0.2, 0) is 5.41 Å². The van der Waals surface area contributed by atoms with Crippen LogP contribution in [0.25, 0.3) is 44.5 Å². The summed E-state index contributed by atoms with van der Waals surface area (Å²) in [6.07, 6.45) is 0. The highest BCUT2D eigenvalue weighted by Crippen LogP contribution is 2.47. The van der Waals surface area contributed by atoms with Crippen molar-refractivity contribution in [2.45, 2.75) is 19.3 Å². The largest absolute Gasteiger partial charge is 0.507 e. The fourth-order valence-corrected chi connectivity index (χ4v) is 5.51. The lowest BCUT2D eigenvalue weighted by Gasteiger charge is -2.30. The highest BCUT2D eigenvalue weighted by Gasteiger charge is 2.29. The molecule has 0 aliphatic carbocycles. The number of rotatable bonds is 6. The molecule has 0 fully saturated rings. The Bertz CT molecular complexity index is 1530. The second kappa shape index (κ2) is 10.8. The first kappa shape index (κ1) is 26.2. The molecule has 0 spiro atoms. The predicted molar refractivity (Wildman–Crippen MR) is 170 cm³/mol. The third-order valence-electron chi connectivity index (χ3n) is 8.00. The van der Waals surface area contributed by atoms with Crippen molar-refractivity contribution in [1.82, 2.24) is 0 Å². The van der Waals surface area contributed by atoms with E-state index in [4.69, 9.17) is 0 Å². The summed E-state index contributed by atoms with van der Waals surface area (Å²) >= 11 is 0. The van der Waals surface area contributed by atoms with E-state index in [2.05, 4.69) is 38.1 Å². The van der Waals surface area contributed by atoms with Crippen LogP contribution in [0.1, 0.15) is 25.0 Å². The fraction of sp³-hybridized carbons (Fsp3) is 0.0769. The minimum atomic E-state index is -0.471. The van der Waals surface area contributed by atoms with Gasteiger partial charge in [0, 0.05) is 27.7 Å². The molecule has 2 heteroatoms. The zero-order valence-electron chi connectivity index (χ0n) is 23.3. The molecule has 0 saturated carbocycles. The van der Waals surface area contributed by atoms with E-state index in [-0.39, 0.29) is 11.5 Å². The second-order valence-electron chi connectivity index (χ2n) is 10.9. The zero-order valence-corrected chi connectivity index (χ0v) is 23.3. The molecular weight excluding hydrogens is 500 g/mol. The van der Waals surface area contributed by atoms with Gasteiger partial charge in [-0.05, 0) is 57.6 Å². The van der Waals surface area contributed by atoms with Gasteiger partial charge in [-0.2, -0.15) is 0 Å². The van der Waals surface area contributed by atoms with Crippen LogP contribution in [0.15, 0.2) is 146 Å². The summed E-state index contributed by atoms with van der Waals surface area (Å²) in [4.78, 5) is 0. The summed E-state index contributed by atoms with van der Waals surface area (Å²) in [7, 11) is 0. The van der Waals surface area contributed by atoms with Crippen LogP contribution in [-0.4, -0.2) is 10.2 Å². The molecule has 6 aromatic carbocycles. The zero-order chi connectivity index (χ0) is 28.4. The first-order valence-corrected chi connectivity index (χ1v) is 13.9. The van der Waals surface area contributed by atoms with E-state index in [1.807, 2.05) is 121 Å². The molecule has 0 radical (unpaired) electrons.